The van der Waals surface area contributed by atoms with E-state index in [9.17, 15) is 14.4 Å². The number of nitrogens with one attached hydrogen (secondary N) is 1. The zero-order valence-corrected chi connectivity index (χ0v) is 18.7. The number of nitrogens with zero attached hydrogens (tertiary/aromatic N) is 3. The zero-order valence-electron chi connectivity index (χ0n) is 17.8. The van der Waals surface area contributed by atoms with Gasteiger partial charge in [0.2, 0.25) is 5.91 Å². The van der Waals surface area contributed by atoms with Crippen LogP contribution in [0.1, 0.15) is 44.6 Å². The Hall–Kier alpha value is -2.32. The number of hydrogen-bond donors (Lipinski definition) is 2. The van der Waals surface area contributed by atoms with Gasteiger partial charge in [0.25, 0.3) is 5.56 Å². The lowest BCUT2D eigenvalue weighted by atomic mass is 9.99. The number of aromatic nitrogens is 2. The summed E-state index contributed by atoms with van der Waals surface area (Å²) >= 11 is 4.29. The minimum Gasteiger partial charge on any atom is -0.337 e. The van der Waals surface area contributed by atoms with Crippen molar-refractivity contribution in [3.63, 3.8) is 0 Å². The van der Waals surface area contributed by atoms with E-state index in [1.165, 1.54) is 10.6 Å². The molecule has 1 N–H and O–H groups in total. The largest absolute Gasteiger partial charge is 0.337 e. The normalized spacial score (nSPS) is 24.5. The molecule has 1 atom stereocenters. The van der Waals surface area contributed by atoms with Crippen LogP contribution in [0.15, 0.2) is 40.4 Å². The third-order valence-electron chi connectivity index (χ3n) is 7.28. The Labute approximate surface area is 186 Å². The summed E-state index contributed by atoms with van der Waals surface area (Å²) in [6.45, 7) is 6.91. The van der Waals surface area contributed by atoms with Crippen LogP contribution in [0.25, 0.3) is 10.9 Å². The molecule has 0 spiro atoms. The summed E-state index contributed by atoms with van der Waals surface area (Å²) in [5.41, 5.74) is 0.214. The van der Waals surface area contributed by atoms with Crippen molar-refractivity contribution in [3.05, 3.63) is 57.3 Å². The van der Waals surface area contributed by atoms with Crippen LogP contribution >= 0.6 is 12.8 Å². The van der Waals surface area contributed by atoms with Crippen molar-refractivity contribution in [2.75, 3.05) is 13.1 Å². The number of thiol groups is 1. The lowest BCUT2D eigenvalue weighted by molar-refractivity contribution is -0.125. The lowest BCUT2D eigenvalue weighted by Crippen LogP contribution is -2.52. The van der Waals surface area contributed by atoms with Gasteiger partial charge in [0.05, 0.1) is 22.0 Å². The summed E-state index contributed by atoms with van der Waals surface area (Å²) in [7, 11) is 0. The molecular weight excluding hydrogens is 412 g/mol. The molecule has 3 fully saturated rings. The number of carbonyl (C=O) groups is 1. The minimum atomic E-state index is -0.749. The summed E-state index contributed by atoms with van der Waals surface area (Å²) < 4.78 is 6.27. The average molecular weight is 441 g/mol. The highest BCUT2D eigenvalue weighted by molar-refractivity contribution is 7.78. The number of hydrogen-bond acceptors (Lipinski definition) is 5. The highest BCUT2D eigenvalue weighted by Gasteiger charge is 2.44. The van der Waals surface area contributed by atoms with Crippen molar-refractivity contribution in [1.29, 1.82) is 0 Å². The van der Waals surface area contributed by atoms with Gasteiger partial charge in [0.15, 0.2) is 0 Å². The number of benzene rings is 1. The van der Waals surface area contributed by atoms with Gasteiger partial charge >= 0.3 is 5.69 Å². The Morgan fingerprint density at radius 3 is 2.65 bits per heavy atom. The van der Waals surface area contributed by atoms with Gasteiger partial charge in [-0.05, 0) is 68.7 Å². The number of rotatable bonds is 6. The minimum absolute atomic E-state index is 0.173. The third-order valence-corrected chi connectivity index (χ3v) is 7.70. The number of carbonyl (C=O) groups excluding carboxylic acids is 1. The lowest BCUT2D eigenvalue weighted by Gasteiger charge is -2.28. The van der Waals surface area contributed by atoms with Crippen LogP contribution < -0.4 is 16.0 Å². The first-order valence-electron chi connectivity index (χ1n) is 11.0. The molecule has 1 aromatic heterocycles. The molecule has 164 valence electrons. The fourth-order valence-electron chi connectivity index (χ4n) is 4.92. The quantitative estimate of drug-likeness (QED) is 0.533. The summed E-state index contributed by atoms with van der Waals surface area (Å²) in [4.78, 5) is 41.2. The SMILES string of the molecule is C=CC(=O)N1CCC(C)(n2c(=O)c3cc(C4(NS)CC4)ccc3n(CC3CC3)c2=O)C1. The summed E-state index contributed by atoms with van der Waals surface area (Å²) in [6, 6.07) is 5.85. The maximum atomic E-state index is 13.7. The Morgan fingerprint density at radius 2 is 2.03 bits per heavy atom. The van der Waals surface area contributed by atoms with Crippen LogP contribution in [-0.2, 0) is 22.4 Å². The molecule has 7 nitrogen and oxygen atoms in total. The second kappa shape index (κ2) is 7.10. The number of fused-ring (bicyclic) bond motifs is 1. The Balaban J connectivity index is 1.70. The molecule has 1 unspecified atom stereocenters. The first-order valence-corrected chi connectivity index (χ1v) is 11.4. The van der Waals surface area contributed by atoms with Gasteiger partial charge in [-0.2, -0.15) is 0 Å². The molecule has 2 aromatic rings. The number of likely N-dealkylation sites (tertiary alicyclic amines) is 1. The van der Waals surface area contributed by atoms with Gasteiger partial charge in [-0.25, -0.2) is 4.79 Å². The Bertz CT molecular complexity index is 1210. The topological polar surface area (TPSA) is 76.3 Å². The van der Waals surface area contributed by atoms with Crippen LogP contribution in [-0.4, -0.2) is 33.0 Å². The van der Waals surface area contributed by atoms with E-state index in [-0.39, 0.29) is 22.7 Å². The van der Waals surface area contributed by atoms with Crippen molar-refractivity contribution >= 4 is 29.6 Å². The standard InChI is InChI=1S/C23H28N4O3S/c1-3-19(28)25-11-10-22(2,14-25)27-20(29)17-12-16(23(24-31)8-9-23)6-7-18(17)26(21(27)30)13-15-4-5-15/h3,6-7,12,15,24,31H,1,4-5,8-11,13-14H2,2H3. The van der Waals surface area contributed by atoms with E-state index in [2.05, 4.69) is 24.1 Å². The van der Waals surface area contributed by atoms with Crippen LogP contribution in [0.5, 0.6) is 0 Å². The van der Waals surface area contributed by atoms with Gasteiger partial charge in [-0.1, -0.05) is 25.5 Å². The van der Waals surface area contributed by atoms with Crippen LogP contribution in [0, 0.1) is 5.92 Å². The van der Waals surface area contributed by atoms with Crippen LogP contribution in [0.2, 0.25) is 0 Å². The maximum Gasteiger partial charge on any atom is 0.332 e. The second-order valence-electron chi connectivity index (χ2n) is 9.61. The monoisotopic (exact) mass is 440 g/mol. The second-order valence-corrected chi connectivity index (χ2v) is 9.84. The molecule has 1 amide bonds. The van der Waals surface area contributed by atoms with Gasteiger partial charge in [0, 0.05) is 19.6 Å². The van der Waals surface area contributed by atoms with Gasteiger partial charge in [-0.3, -0.25) is 23.4 Å². The van der Waals surface area contributed by atoms with E-state index in [0.29, 0.717) is 42.9 Å². The van der Waals surface area contributed by atoms with Crippen LogP contribution in [0.4, 0.5) is 0 Å². The molecule has 1 aliphatic heterocycles. The highest BCUT2D eigenvalue weighted by atomic mass is 32.1. The van der Waals surface area contributed by atoms with E-state index < -0.39 is 5.54 Å². The molecular formula is C23H28N4O3S. The molecule has 8 heteroatoms. The predicted octanol–water partition coefficient (Wildman–Crippen LogP) is 2.13. The first kappa shape index (κ1) is 20.6. The zero-order chi connectivity index (χ0) is 22.0. The molecule has 2 heterocycles. The van der Waals surface area contributed by atoms with Crippen molar-refractivity contribution in [2.24, 2.45) is 5.92 Å². The van der Waals surface area contributed by atoms with Crippen molar-refractivity contribution < 1.29 is 4.79 Å². The molecule has 2 saturated carbocycles. The van der Waals surface area contributed by atoms with Gasteiger partial charge < -0.3 is 4.90 Å². The fourth-order valence-corrected chi connectivity index (χ4v) is 5.27. The third kappa shape index (κ3) is 3.27. The molecule has 1 saturated heterocycles. The Morgan fingerprint density at radius 1 is 1.29 bits per heavy atom. The van der Waals surface area contributed by atoms with E-state index in [4.69, 9.17) is 0 Å². The fraction of sp³-hybridized carbons (Fsp3) is 0.522. The highest BCUT2D eigenvalue weighted by Crippen LogP contribution is 2.46. The molecule has 5 rings (SSSR count). The van der Waals surface area contributed by atoms with E-state index >= 15 is 0 Å². The molecule has 1 aromatic carbocycles. The maximum absolute atomic E-state index is 13.7. The summed E-state index contributed by atoms with van der Waals surface area (Å²) in [5.74, 6) is 0.310. The molecule has 0 radical (unpaired) electrons. The van der Waals surface area contributed by atoms with Crippen LogP contribution in [0.3, 0.4) is 0 Å². The summed E-state index contributed by atoms with van der Waals surface area (Å²) in [5, 5.41) is 0.558. The predicted molar refractivity (Wildman–Crippen MR) is 123 cm³/mol. The van der Waals surface area contributed by atoms with Crippen molar-refractivity contribution in [1.82, 2.24) is 18.8 Å². The average Bonchev–Trinajstić information content (AvgIpc) is 3.69. The van der Waals surface area contributed by atoms with E-state index in [0.717, 1.165) is 31.2 Å². The van der Waals surface area contributed by atoms with Gasteiger partial charge in [-0.15, -0.1) is 0 Å². The Kier molecular flexibility index (Phi) is 4.71. The molecule has 3 aliphatic rings. The van der Waals surface area contributed by atoms with Crippen molar-refractivity contribution in [2.45, 2.75) is 56.7 Å². The van der Waals surface area contributed by atoms with Crippen molar-refractivity contribution in [3.8, 4) is 0 Å². The molecule has 31 heavy (non-hydrogen) atoms. The number of amides is 1. The smallest absolute Gasteiger partial charge is 0.332 e. The summed E-state index contributed by atoms with van der Waals surface area (Å²) in [6.07, 6.45) is 5.99. The van der Waals surface area contributed by atoms with Gasteiger partial charge in [0.1, 0.15) is 0 Å². The molecule has 0 bridgehead atoms. The van der Waals surface area contributed by atoms with E-state index in [1.54, 1.807) is 9.47 Å². The first-order chi connectivity index (χ1) is 14.8. The van der Waals surface area contributed by atoms with E-state index in [1.807, 2.05) is 25.1 Å². The molecule has 2 aliphatic carbocycles.